The summed E-state index contributed by atoms with van der Waals surface area (Å²) in [5.41, 5.74) is 3.08. The number of carbonyl (C=O) groups is 1. The highest BCUT2D eigenvalue weighted by Gasteiger charge is 2.23. The SMILES string of the molecule is O=C(c1cnc(N2CCc3ccccc32)nc1)N1CCCCC1. The fourth-order valence-corrected chi connectivity index (χ4v) is 3.40. The molecule has 118 valence electrons. The van der Waals surface area contributed by atoms with E-state index < -0.39 is 0 Å². The zero-order valence-electron chi connectivity index (χ0n) is 13.1. The van der Waals surface area contributed by atoms with E-state index in [0.29, 0.717) is 11.5 Å². The number of rotatable bonds is 2. The van der Waals surface area contributed by atoms with E-state index in [1.165, 1.54) is 17.7 Å². The average molecular weight is 308 g/mol. The Hall–Kier alpha value is -2.43. The Labute approximate surface area is 136 Å². The molecule has 0 saturated carbocycles. The summed E-state index contributed by atoms with van der Waals surface area (Å²) in [6, 6.07) is 8.33. The number of fused-ring (bicyclic) bond motifs is 1. The zero-order valence-corrected chi connectivity index (χ0v) is 13.1. The van der Waals surface area contributed by atoms with Crippen molar-refractivity contribution in [2.75, 3.05) is 24.5 Å². The number of likely N-dealkylation sites (tertiary alicyclic amines) is 1. The lowest BCUT2D eigenvalue weighted by molar-refractivity contribution is 0.0723. The normalized spacial score (nSPS) is 17.2. The maximum Gasteiger partial charge on any atom is 0.256 e. The van der Waals surface area contributed by atoms with Gasteiger partial charge in [0.1, 0.15) is 0 Å². The molecule has 4 rings (SSSR count). The summed E-state index contributed by atoms with van der Waals surface area (Å²) in [6.07, 6.45) is 7.74. The maximum absolute atomic E-state index is 12.5. The molecule has 0 bridgehead atoms. The largest absolute Gasteiger partial charge is 0.339 e. The number of aromatic nitrogens is 2. The van der Waals surface area contributed by atoms with Gasteiger partial charge in [0.25, 0.3) is 5.91 Å². The van der Waals surface area contributed by atoms with E-state index in [-0.39, 0.29) is 5.91 Å². The minimum absolute atomic E-state index is 0.0538. The molecule has 1 fully saturated rings. The first-order valence-electron chi connectivity index (χ1n) is 8.30. The van der Waals surface area contributed by atoms with Crippen molar-refractivity contribution in [1.29, 1.82) is 0 Å². The second kappa shape index (κ2) is 5.99. The number of hydrogen-bond acceptors (Lipinski definition) is 4. The fourth-order valence-electron chi connectivity index (χ4n) is 3.40. The van der Waals surface area contributed by atoms with Crippen LogP contribution in [0.2, 0.25) is 0 Å². The molecule has 1 aromatic carbocycles. The molecule has 1 amide bonds. The molecule has 2 aliphatic heterocycles. The van der Waals surface area contributed by atoms with Gasteiger partial charge in [-0.05, 0) is 37.3 Å². The molecule has 2 aliphatic rings. The van der Waals surface area contributed by atoms with Crippen molar-refractivity contribution >= 4 is 17.5 Å². The van der Waals surface area contributed by atoms with Crippen LogP contribution in [0.15, 0.2) is 36.7 Å². The second-order valence-corrected chi connectivity index (χ2v) is 6.15. The standard InChI is InChI=1S/C18H20N4O/c23-17(21-9-4-1-5-10-21)15-12-19-18(20-13-15)22-11-8-14-6-2-3-7-16(14)22/h2-3,6-7,12-13H,1,4-5,8-11H2. The van der Waals surface area contributed by atoms with Gasteiger partial charge in [-0.3, -0.25) is 4.79 Å². The number of anilines is 2. The minimum Gasteiger partial charge on any atom is -0.339 e. The molecule has 23 heavy (non-hydrogen) atoms. The van der Waals surface area contributed by atoms with Crippen molar-refractivity contribution < 1.29 is 4.79 Å². The Morgan fingerprint density at radius 2 is 1.70 bits per heavy atom. The van der Waals surface area contributed by atoms with Crippen molar-refractivity contribution in [2.45, 2.75) is 25.7 Å². The third-order valence-electron chi connectivity index (χ3n) is 4.66. The number of para-hydroxylation sites is 1. The van der Waals surface area contributed by atoms with Gasteiger partial charge in [-0.2, -0.15) is 0 Å². The lowest BCUT2D eigenvalue weighted by Gasteiger charge is -2.26. The number of piperidine rings is 1. The molecule has 0 unspecified atom stereocenters. The lowest BCUT2D eigenvalue weighted by Crippen LogP contribution is -2.35. The zero-order chi connectivity index (χ0) is 15.6. The van der Waals surface area contributed by atoms with Gasteiger partial charge < -0.3 is 9.80 Å². The predicted octanol–water partition coefficient (Wildman–Crippen LogP) is 2.80. The summed E-state index contributed by atoms with van der Waals surface area (Å²) < 4.78 is 0. The van der Waals surface area contributed by atoms with E-state index in [1.54, 1.807) is 12.4 Å². The Morgan fingerprint density at radius 3 is 2.48 bits per heavy atom. The van der Waals surface area contributed by atoms with Gasteiger partial charge in [0.05, 0.1) is 5.56 Å². The van der Waals surface area contributed by atoms with Crippen LogP contribution in [0.25, 0.3) is 0 Å². The van der Waals surface area contributed by atoms with E-state index in [1.807, 2.05) is 11.0 Å². The summed E-state index contributed by atoms with van der Waals surface area (Å²) in [5.74, 6) is 0.725. The van der Waals surface area contributed by atoms with Crippen molar-refractivity contribution in [3.8, 4) is 0 Å². The molecular weight excluding hydrogens is 288 g/mol. The van der Waals surface area contributed by atoms with Crippen molar-refractivity contribution in [1.82, 2.24) is 14.9 Å². The van der Waals surface area contributed by atoms with E-state index >= 15 is 0 Å². The third kappa shape index (κ3) is 2.67. The number of amides is 1. The summed E-state index contributed by atoms with van der Waals surface area (Å²) in [7, 11) is 0. The molecule has 3 heterocycles. The van der Waals surface area contributed by atoms with Crippen LogP contribution in [0.5, 0.6) is 0 Å². The van der Waals surface area contributed by atoms with E-state index in [4.69, 9.17) is 0 Å². The van der Waals surface area contributed by atoms with E-state index in [9.17, 15) is 4.79 Å². The summed E-state index contributed by atoms with van der Waals surface area (Å²) in [5, 5.41) is 0. The molecule has 0 atom stereocenters. The highest BCUT2D eigenvalue weighted by Crippen LogP contribution is 2.31. The van der Waals surface area contributed by atoms with Crippen LogP contribution < -0.4 is 4.90 Å². The second-order valence-electron chi connectivity index (χ2n) is 6.15. The number of hydrogen-bond donors (Lipinski definition) is 0. The van der Waals surface area contributed by atoms with Gasteiger partial charge in [0.15, 0.2) is 0 Å². The number of nitrogens with zero attached hydrogens (tertiary/aromatic N) is 4. The van der Waals surface area contributed by atoms with Gasteiger partial charge in [0, 0.05) is 37.7 Å². The molecule has 0 aliphatic carbocycles. The molecule has 5 nitrogen and oxygen atoms in total. The summed E-state index contributed by atoms with van der Waals surface area (Å²) in [6.45, 7) is 2.58. The smallest absolute Gasteiger partial charge is 0.256 e. The fraction of sp³-hybridized carbons (Fsp3) is 0.389. The van der Waals surface area contributed by atoms with Crippen LogP contribution in [0.4, 0.5) is 11.6 Å². The van der Waals surface area contributed by atoms with Crippen LogP contribution in [-0.2, 0) is 6.42 Å². The van der Waals surface area contributed by atoms with E-state index in [0.717, 1.165) is 38.9 Å². The summed E-state index contributed by atoms with van der Waals surface area (Å²) >= 11 is 0. The van der Waals surface area contributed by atoms with Gasteiger partial charge in [-0.25, -0.2) is 9.97 Å². The van der Waals surface area contributed by atoms with Crippen molar-refractivity contribution in [2.24, 2.45) is 0 Å². The summed E-state index contributed by atoms with van der Waals surface area (Å²) in [4.78, 5) is 25.4. The van der Waals surface area contributed by atoms with Crippen molar-refractivity contribution in [3.63, 3.8) is 0 Å². The number of benzene rings is 1. The molecule has 0 spiro atoms. The molecule has 2 aromatic rings. The first-order chi connectivity index (χ1) is 11.3. The molecule has 1 aromatic heterocycles. The predicted molar refractivity (Wildman–Crippen MR) is 88.9 cm³/mol. The number of carbonyl (C=O) groups excluding carboxylic acids is 1. The quantitative estimate of drug-likeness (QED) is 0.856. The Bertz CT molecular complexity index is 707. The van der Waals surface area contributed by atoms with Gasteiger partial charge >= 0.3 is 0 Å². The first kappa shape index (κ1) is 14.2. The minimum atomic E-state index is 0.0538. The average Bonchev–Trinajstić information content (AvgIpc) is 3.06. The van der Waals surface area contributed by atoms with Crippen LogP contribution >= 0.6 is 0 Å². The van der Waals surface area contributed by atoms with Crippen molar-refractivity contribution in [3.05, 3.63) is 47.8 Å². The molecule has 0 radical (unpaired) electrons. The van der Waals surface area contributed by atoms with Gasteiger partial charge in [-0.1, -0.05) is 18.2 Å². The Morgan fingerprint density at radius 1 is 0.957 bits per heavy atom. The highest BCUT2D eigenvalue weighted by molar-refractivity contribution is 5.93. The topological polar surface area (TPSA) is 49.3 Å². The van der Waals surface area contributed by atoms with Crippen LogP contribution in [0.1, 0.15) is 35.2 Å². The molecule has 5 heteroatoms. The highest BCUT2D eigenvalue weighted by atomic mass is 16.2. The van der Waals surface area contributed by atoms with Gasteiger partial charge in [-0.15, -0.1) is 0 Å². The Balaban J connectivity index is 1.53. The van der Waals surface area contributed by atoms with Crippen LogP contribution in [0.3, 0.4) is 0 Å². The van der Waals surface area contributed by atoms with E-state index in [2.05, 4.69) is 33.1 Å². The molecule has 1 saturated heterocycles. The lowest BCUT2D eigenvalue weighted by atomic mass is 10.1. The Kier molecular flexibility index (Phi) is 3.69. The molecule has 0 N–H and O–H groups in total. The van der Waals surface area contributed by atoms with Gasteiger partial charge in [0.2, 0.25) is 5.95 Å². The van der Waals surface area contributed by atoms with Crippen LogP contribution in [-0.4, -0.2) is 40.4 Å². The monoisotopic (exact) mass is 308 g/mol. The third-order valence-corrected chi connectivity index (χ3v) is 4.66. The maximum atomic E-state index is 12.5. The van der Waals surface area contributed by atoms with Crippen LogP contribution in [0, 0.1) is 0 Å². The first-order valence-corrected chi connectivity index (χ1v) is 8.30. The molecular formula is C18H20N4O.